The van der Waals surface area contributed by atoms with E-state index in [2.05, 4.69) is 12.2 Å². The maximum absolute atomic E-state index is 11.8. The number of nitrogens with one attached hydrogen (secondary N) is 1. The summed E-state index contributed by atoms with van der Waals surface area (Å²) in [6, 6.07) is -0.0976. The molecule has 1 saturated carbocycles. The second-order valence-electron chi connectivity index (χ2n) is 6.07. The van der Waals surface area contributed by atoms with Crippen molar-refractivity contribution in [3.63, 3.8) is 0 Å². The summed E-state index contributed by atoms with van der Waals surface area (Å²) in [5, 5.41) is 11.5. The summed E-state index contributed by atoms with van der Waals surface area (Å²) in [5.74, 6) is 0.801. The van der Waals surface area contributed by atoms with E-state index in [-0.39, 0.29) is 12.5 Å². The van der Waals surface area contributed by atoms with E-state index in [9.17, 15) is 9.59 Å². The maximum atomic E-state index is 11.8. The second kappa shape index (κ2) is 8.82. The molecule has 5 nitrogen and oxygen atoms in total. The minimum atomic E-state index is -0.815. The first-order chi connectivity index (χ1) is 9.49. The predicted octanol–water partition coefficient (Wildman–Crippen LogP) is 2.71. The zero-order valence-corrected chi connectivity index (χ0v) is 12.7. The summed E-state index contributed by atoms with van der Waals surface area (Å²) in [4.78, 5) is 23.7. The van der Waals surface area contributed by atoms with Gasteiger partial charge in [0.05, 0.1) is 0 Å². The standard InChI is InChI=1S/C15H28N2O3/c1-12-5-7-13(8-6-12)9-10-16-15(20)17(2)11-3-4-14(18)19/h12-13H,3-11H2,1-2H3,(H,16,20)(H,18,19). The van der Waals surface area contributed by atoms with E-state index in [1.54, 1.807) is 11.9 Å². The predicted molar refractivity (Wildman–Crippen MR) is 78.6 cm³/mol. The SMILES string of the molecule is CC1CCC(CCNC(=O)N(C)CCCC(=O)O)CC1. The van der Waals surface area contributed by atoms with Crippen LogP contribution in [0.4, 0.5) is 4.79 Å². The van der Waals surface area contributed by atoms with Gasteiger partial charge in [0.1, 0.15) is 0 Å². The lowest BCUT2D eigenvalue weighted by atomic mass is 9.81. The largest absolute Gasteiger partial charge is 0.481 e. The molecule has 0 atom stereocenters. The van der Waals surface area contributed by atoms with Crippen LogP contribution in [-0.4, -0.2) is 42.1 Å². The van der Waals surface area contributed by atoms with Crippen molar-refractivity contribution in [2.45, 2.75) is 51.9 Å². The quantitative estimate of drug-likeness (QED) is 0.755. The van der Waals surface area contributed by atoms with Crippen LogP contribution in [0.2, 0.25) is 0 Å². The van der Waals surface area contributed by atoms with Gasteiger partial charge in [-0.15, -0.1) is 0 Å². The Morgan fingerprint density at radius 3 is 2.50 bits per heavy atom. The van der Waals surface area contributed by atoms with Crippen LogP contribution in [0.1, 0.15) is 51.9 Å². The van der Waals surface area contributed by atoms with E-state index in [1.165, 1.54) is 25.7 Å². The Bertz CT molecular complexity index is 312. The van der Waals surface area contributed by atoms with Crippen LogP contribution in [0, 0.1) is 11.8 Å². The topological polar surface area (TPSA) is 69.6 Å². The fourth-order valence-electron chi connectivity index (χ4n) is 2.70. The van der Waals surface area contributed by atoms with Gasteiger partial charge in [0.2, 0.25) is 0 Å². The summed E-state index contributed by atoms with van der Waals surface area (Å²) in [6.45, 7) is 3.52. The number of urea groups is 1. The highest BCUT2D eigenvalue weighted by molar-refractivity contribution is 5.73. The van der Waals surface area contributed by atoms with Crippen molar-refractivity contribution in [3.8, 4) is 0 Å². The molecule has 5 heteroatoms. The van der Waals surface area contributed by atoms with Gasteiger partial charge in [-0.2, -0.15) is 0 Å². The number of hydrogen-bond acceptors (Lipinski definition) is 2. The average Bonchev–Trinajstić information content (AvgIpc) is 2.40. The molecule has 1 rings (SSSR count). The molecule has 20 heavy (non-hydrogen) atoms. The Kier molecular flexibility index (Phi) is 7.41. The summed E-state index contributed by atoms with van der Waals surface area (Å²) in [6.07, 6.45) is 6.86. The molecule has 0 heterocycles. The number of carboxylic acid groups (broad SMARTS) is 1. The third-order valence-electron chi connectivity index (χ3n) is 4.20. The fourth-order valence-corrected chi connectivity index (χ4v) is 2.70. The number of hydrogen-bond donors (Lipinski definition) is 2. The van der Waals surface area contributed by atoms with Crippen molar-refractivity contribution in [1.82, 2.24) is 10.2 Å². The highest BCUT2D eigenvalue weighted by Gasteiger charge is 2.18. The van der Waals surface area contributed by atoms with Crippen molar-refractivity contribution in [3.05, 3.63) is 0 Å². The van der Waals surface area contributed by atoms with Crippen LogP contribution in [-0.2, 0) is 4.79 Å². The van der Waals surface area contributed by atoms with Crippen LogP contribution in [0.3, 0.4) is 0 Å². The van der Waals surface area contributed by atoms with Gasteiger partial charge in [0.25, 0.3) is 0 Å². The third kappa shape index (κ3) is 6.78. The summed E-state index contributed by atoms with van der Waals surface area (Å²) < 4.78 is 0. The van der Waals surface area contributed by atoms with Gasteiger partial charge in [-0.3, -0.25) is 4.79 Å². The van der Waals surface area contributed by atoms with Crippen molar-refractivity contribution in [1.29, 1.82) is 0 Å². The first-order valence-electron chi connectivity index (χ1n) is 7.69. The van der Waals surface area contributed by atoms with Gasteiger partial charge in [0, 0.05) is 26.6 Å². The van der Waals surface area contributed by atoms with Crippen molar-refractivity contribution in [2.24, 2.45) is 11.8 Å². The molecule has 1 aliphatic carbocycles. The lowest BCUT2D eigenvalue weighted by molar-refractivity contribution is -0.137. The van der Waals surface area contributed by atoms with E-state index in [4.69, 9.17) is 5.11 Å². The van der Waals surface area contributed by atoms with E-state index in [1.807, 2.05) is 0 Å². The number of aliphatic carboxylic acids is 1. The molecule has 0 unspecified atom stereocenters. The van der Waals surface area contributed by atoms with E-state index in [0.29, 0.717) is 13.0 Å². The molecule has 2 amide bonds. The zero-order valence-electron chi connectivity index (χ0n) is 12.7. The molecular formula is C15H28N2O3. The van der Waals surface area contributed by atoms with E-state index < -0.39 is 5.97 Å². The monoisotopic (exact) mass is 284 g/mol. The molecule has 0 aromatic rings. The van der Waals surface area contributed by atoms with Crippen LogP contribution in [0.25, 0.3) is 0 Å². The second-order valence-corrected chi connectivity index (χ2v) is 6.07. The molecule has 0 spiro atoms. The Hall–Kier alpha value is -1.26. The Balaban J connectivity index is 2.08. The van der Waals surface area contributed by atoms with Gasteiger partial charge < -0.3 is 15.3 Å². The minimum Gasteiger partial charge on any atom is -0.481 e. The van der Waals surface area contributed by atoms with Crippen molar-refractivity contribution in [2.75, 3.05) is 20.1 Å². The molecule has 116 valence electrons. The van der Waals surface area contributed by atoms with Crippen LogP contribution < -0.4 is 5.32 Å². The molecule has 0 aromatic heterocycles. The number of amides is 2. The van der Waals surface area contributed by atoms with Gasteiger partial charge >= 0.3 is 12.0 Å². The first kappa shape index (κ1) is 16.8. The summed E-state index contributed by atoms with van der Waals surface area (Å²) >= 11 is 0. The third-order valence-corrected chi connectivity index (χ3v) is 4.20. The van der Waals surface area contributed by atoms with Crippen molar-refractivity contribution < 1.29 is 14.7 Å². The summed E-state index contributed by atoms with van der Waals surface area (Å²) in [7, 11) is 1.71. The molecule has 0 saturated heterocycles. The highest BCUT2D eigenvalue weighted by Crippen LogP contribution is 2.29. The first-order valence-corrected chi connectivity index (χ1v) is 7.69. The van der Waals surface area contributed by atoms with Crippen molar-refractivity contribution >= 4 is 12.0 Å². The summed E-state index contributed by atoms with van der Waals surface area (Å²) in [5.41, 5.74) is 0. The normalized spacial score (nSPS) is 22.3. The van der Waals surface area contributed by atoms with Gasteiger partial charge in [-0.1, -0.05) is 32.6 Å². The minimum absolute atomic E-state index is 0.0976. The average molecular weight is 284 g/mol. The van der Waals surface area contributed by atoms with E-state index in [0.717, 1.165) is 24.8 Å². The van der Waals surface area contributed by atoms with Crippen LogP contribution in [0.15, 0.2) is 0 Å². The molecule has 0 aromatic carbocycles. The fraction of sp³-hybridized carbons (Fsp3) is 0.867. The molecule has 0 aliphatic heterocycles. The Morgan fingerprint density at radius 2 is 1.90 bits per heavy atom. The molecule has 2 N–H and O–H groups in total. The number of carbonyl (C=O) groups is 2. The van der Waals surface area contributed by atoms with Gasteiger partial charge in [-0.05, 0) is 24.7 Å². The smallest absolute Gasteiger partial charge is 0.317 e. The Morgan fingerprint density at radius 1 is 1.25 bits per heavy atom. The number of rotatable bonds is 7. The number of carbonyl (C=O) groups excluding carboxylic acids is 1. The zero-order chi connectivity index (χ0) is 15.0. The molecule has 1 fully saturated rings. The maximum Gasteiger partial charge on any atom is 0.317 e. The van der Waals surface area contributed by atoms with Crippen LogP contribution >= 0.6 is 0 Å². The molecule has 0 radical (unpaired) electrons. The number of carboxylic acids is 1. The van der Waals surface area contributed by atoms with Gasteiger partial charge in [0.15, 0.2) is 0 Å². The molecule has 1 aliphatic rings. The Labute approximate surface area is 121 Å². The molecule has 0 bridgehead atoms. The lowest BCUT2D eigenvalue weighted by Gasteiger charge is -2.26. The number of nitrogens with zero attached hydrogens (tertiary/aromatic N) is 1. The van der Waals surface area contributed by atoms with Crippen LogP contribution in [0.5, 0.6) is 0 Å². The highest BCUT2D eigenvalue weighted by atomic mass is 16.4. The van der Waals surface area contributed by atoms with E-state index >= 15 is 0 Å². The lowest BCUT2D eigenvalue weighted by Crippen LogP contribution is -2.38. The molecular weight excluding hydrogens is 256 g/mol. The van der Waals surface area contributed by atoms with Gasteiger partial charge in [-0.25, -0.2) is 4.79 Å².